The van der Waals surface area contributed by atoms with Crippen molar-refractivity contribution in [2.24, 2.45) is 0 Å². The molecule has 0 radical (unpaired) electrons. The SMILES string of the molecule is O=S(=O)(O)c1cc(N(Cl)c2cc(Oc3ccc4ccccc4c3)ncn2)ccc1-c1ccc(N(Cl)c2cc(Oc3ccc4ccccc4c3)ncn2)cc1S(=O)(=O)O.[NaH].[NaH]. The Hall–Kier alpha value is -4.40. The molecule has 0 amide bonds. The van der Waals surface area contributed by atoms with Gasteiger partial charge in [-0.15, -0.1) is 0 Å². The van der Waals surface area contributed by atoms with Crippen molar-refractivity contribution in [3.05, 3.63) is 146 Å². The van der Waals surface area contributed by atoms with Gasteiger partial charge in [0.1, 0.15) is 33.9 Å². The Morgan fingerprint density at radius 3 is 1.23 bits per heavy atom. The van der Waals surface area contributed by atoms with Gasteiger partial charge in [-0.05, 0) is 70.1 Å². The van der Waals surface area contributed by atoms with Crippen LogP contribution in [0.2, 0.25) is 0 Å². The van der Waals surface area contributed by atoms with Crippen molar-refractivity contribution in [2.75, 3.05) is 8.84 Å². The number of benzene rings is 6. The van der Waals surface area contributed by atoms with E-state index in [2.05, 4.69) is 19.9 Å². The van der Waals surface area contributed by atoms with Crippen molar-refractivity contribution in [1.82, 2.24) is 19.9 Å². The van der Waals surface area contributed by atoms with Crippen LogP contribution in [0.5, 0.6) is 23.3 Å². The van der Waals surface area contributed by atoms with Crippen LogP contribution >= 0.6 is 23.6 Å². The van der Waals surface area contributed by atoms with Crippen LogP contribution in [0.15, 0.2) is 156 Å². The Morgan fingerprint density at radius 1 is 0.467 bits per heavy atom. The monoisotopic (exact) mass is 900 g/mol. The molecule has 0 unspecified atom stereocenters. The molecule has 0 atom stereocenters. The number of hydrogen-bond acceptors (Lipinski definition) is 12. The molecule has 14 nitrogen and oxygen atoms in total. The van der Waals surface area contributed by atoms with Gasteiger partial charge in [0.2, 0.25) is 11.8 Å². The summed E-state index contributed by atoms with van der Waals surface area (Å²) >= 11 is 13.3. The summed E-state index contributed by atoms with van der Waals surface area (Å²) in [5, 5.41) is 3.93. The van der Waals surface area contributed by atoms with E-state index in [0.29, 0.717) is 11.5 Å². The summed E-state index contributed by atoms with van der Waals surface area (Å²) in [7, 11) is -10.1. The molecule has 2 N–H and O–H groups in total. The van der Waals surface area contributed by atoms with Crippen molar-refractivity contribution >= 4 is 147 Å². The van der Waals surface area contributed by atoms with E-state index in [9.17, 15) is 25.9 Å². The van der Waals surface area contributed by atoms with E-state index < -0.39 is 30.0 Å². The van der Waals surface area contributed by atoms with Gasteiger partial charge in [0, 0.05) is 46.8 Å². The zero-order valence-corrected chi connectivity index (χ0v) is 32.6. The third-order valence-corrected chi connectivity index (χ3v) is 11.3. The normalized spacial score (nSPS) is 11.3. The molecule has 0 aliphatic heterocycles. The quantitative estimate of drug-likeness (QED) is 0.0714. The van der Waals surface area contributed by atoms with Gasteiger partial charge in [-0.2, -0.15) is 16.8 Å². The molecule has 0 aliphatic rings. The van der Waals surface area contributed by atoms with Crippen molar-refractivity contribution in [3.8, 4) is 34.4 Å². The first kappa shape index (κ1) is 45.1. The third-order valence-electron chi connectivity index (χ3n) is 8.77. The van der Waals surface area contributed by atoms with Crippen LogP contribution in [-0.2, 0) is 20.2 Å². The molecule has 0 spiro atoms. The molecule has 6 aromatic carbocycles. The molecule has 8 rings (SSSR count). The van der Waals surface area contributed by atoms with Crippen molar-refractivity contribution in [2.45, 2.75) is 9.79 Å². The summed E-state index contributed by atoms with van der Waals surface area (Å²) in [6.45, 7) is 0. The Bertz CT molecular complexity index is 2910. The fourth-order valence-corrected chi connectivity index (χ4v) is 7.94. The van der Waals surface area contributed by atoms with Crippen LogP contribution in [-0.4, -0.2) is 105 Å². The van der Waals surface area contributed by atoms with E-state index in [1.54, 1.807) is 12.1 Å². The summed E-state index contributed by atoms with van der Waals surface area (Å²) < 4.78 is 85.8. The van der Waals surface area contributed by atoms with Gasteiger partial charge in [-0.25, -0.2) is 28.8 Å². The van der Waals surface area contributed by atoms with E-state index in [1.165, 1.54) is 49.1 Å². The van der Waals surface area contributed by atoms with Crippen molar-refractivity contribution in [1.29, 1.82) is 0 Å². The van der Waals surface area contributed by atoms with Crippen LogP contribution in [0, 0.1) is 0 Å². The molecular formula is C40H28Cl2N6Na2O8S2. The second-order valence-corrected chi connectivity index (χ2v) is 16.0. The minimum absolute atomic E-state index is 0. The minimum atomic E-state index is -5.05. The van der Waals surface area contributed by atoms with Gasteiger partial charge in [0.05, 0.1) is 11.4 Å². The van der Waals surface area contributed by atoms with Crippen LogP contribution in [0.25, 0.3) is 32.7 Å². The van der Waals surface area contributed by atoms with E-state index in [0.717, 1.165) is 42.5 Å². The van der Waals surface area contributed by atoms with Gasteiger partial charge < -0.3 is 9.47 Å². The zero-order valence-electron chi connectivity index (χ0n) is 29.5. The summed E-state index contributed by atoms with van der Waals surface area (Å²) in [6.07, 6.45) is 2.39. The number of aromatic nitrogens is 4. The molecule has 0 aliphatic carbocycles. The van der Waals surface area contributed by atoms with Gasteiger partial charge >= 0.3 is 59.1 Å². The summed E-state index contributed by atoms with van der Waals surface area (Å²) in [5.74, 6) is 1.38. The Labute approximate surface area is 398 Å². The predicted molar refractivity (Wildman–Crippen MR) is 234 cm³/mol. The number of ether oxygens (including phenoxy) is 2. The van der Waals surface area contributed by atoms with Crippen molar-refractivity contribution in [3.63, 3.8) is 0 Å². The van der Waals surface area contributed by atoms with E-state index in [-0.39, 0.29) is 105 Å². The van der Waals surface area contributed by atoms with E-state index in [4.69, 9.17) is 33.0 Å². The first-order valence-electron chi connectivity index (χ1n) is 16.9. The Morgan fingerprint density at radius 2 is 0.850 bits per heavy atom. The first-order chi connectivity index (χ1) is 27.8. The Balaban J connectivity index is 0.00000302. The van der Waals surface area contributed by atoms with E-state index >= 15 is 0 Å². The van der Waals surface area contributed by atoms with Crippen LogP contribution in [0.3, 0.4) is 0 Å². The molecule has 2 heterocycles. The topological polar surface area (TPSA) is 185 Å². The second kappa shape index (κ2) is 18.7. The molecule has 20 heteroatoms. The number of halogens is 2. The maximum atomic E-state index is 12.8. The van der Waals surface area contributed by atoms with Crippen LogP contribution in [0.4, 0.5) is 23.0 Å². The number of hydrogen-bond donors (Lipinski definition) is 2. The molecule has 60 heavy (non-hydrogen) atoms. The molecule has 8 aromatic rings. The van der Waals surface area contributed by atoms with Crippen LogP contribution < -0.4 is 18.3 Å². The number of fused-ring (bicyclic) bond motifs is 2. The molecule has 294 valence electrons. The van der Waals surface area contributed by atoms with Gasteiger partial charge in [0.15, 0.2) is 11.6 Å². The fraction of sp³-hybridized carbons (Fsp3) is 0. The third kappa shape index (κ3) is 10.0. The number of rotatable bonds is 11. The van der Waals surface area contributed by atoms with Gasteiger partial charge in [-0.1, -0.05) is 72.8 Å². The first-order valence-corrected chi connectivity index (χ1v) is 20.5. The Kier molecular flexibility index (Phi) is 14.1. The molecule has 0 fully saturated rings. The summed E-state index contributed by atoms with van der Waals surface area (Å²) in [4.78, 5) is 15.1. The standard InChI is InChI=1S/C40H26Cl2N6O8S2.2Na.2H/c41-47(37-21-39(45-23-43-37)55-31-13-9-25-5-1-3-7-27(25)17-31)29-11-15-33(35(19-29)57(49,50)51)34-16-12-30(20-36(34)58(52,53)54)48(42)38-22-40(46-24-44-38)56-32-14-10-26-6-2-4-8-28(26)18-32;;;;/h1-24H,(H,49,50,51)(H,52,53,54);;;;. The average Bonchev–Trinajstić information content (AvgIpc) is 3.22. The van der Waals surface area contributed by atoms with E-state index in [1.807, 2.05) is 72.8 Å². The van der Waals surface area contributed by atoms with Crippen LogP contribution in [0.1, 0.15) is 0 Å². The molecule has 0 saturated carbocycles. The van der Waals surface area contributed by atoms with Crippen molar-refractivity contribution < 1.29 is 35.4 Å². The van der Waals surface area contributed by atoms with Gasteiger partial charge in [-0.3, -0.25) is 9.11 Å². The molecule has 0 saturated heterocycles. The summed E-state index contributed by atoms with van der Waals surface area (Å²) in [5.41, 5.74) is -0.549. The fourth-order valence-electron chi connectivity index (χ4n) is 6.09. The summed E-state index contributed by atoms with van der Waals surface area (Å²) in [6, 6.07) is 36.4. The zero-order chi connectivity index (χ0) is 40.6. The maximum absolute atomic E-state index is 12.8. The average molecular weight is 902 g/mol. The molecule has 2 aromatic heterocycles. The number of nitrogens with zero attached hydrogens (tertiary/aromatic N) is 6. The van der Waals surface area contributed by atoms with Gasteiger partial charge in [0.25, 0.3) is 20.2 Å². The molecule has 0 bridgehead atoms. The second-order valence-electron chi connectivity index (χ2n) is 12.5. The predicted octanol–water partition coefficient (Wildman–Crippen LogP) is 8.60. The molecular weight excluding hydrogens is 873 g/mol. The number of anilines is 4.